The highest BCUT2D eigenvalue weighted by atomic mass is 19.4. The summed E-state index contributed by atoms with van der Waals surface area (Å²) < 4.78 is 49.8. The van der Waals surface area contributed by atoms with Crippen molar-refractivity contribution >= 4 is 40.4 Å². The van der Waals surface area contributed by atoms with Gasteiger partial charge in [-0.2, -0.15) is 0 Å². The van der Waals surface area contributed by atoms with Crippen LogP contribution in [-0.2, 0) is 29.1 Å². The molecule has 0 radical (unpaired) electrons. The van der Waals surface area contributed by atoms with Gasteiger partial charge in [-0.3, -0.25) is 19.5 Å². The molecular formula is C45H58F3N9O5. The smallest absolute Gasteiger partial charge is 0.497 e. The van der Waals surface area contributed by atoms with Crippen molar-refractivity contribution in [3.63, 3.8) is 0 Å². The van der Waals surface area contributed by atoms with Gasteiger partial charge in [0.25, 0.3) is 0 Å². The fourth-order valence-electron chi connectivity index (χ4n) is 8.21. The van der Waals surface area contributed by atoms with Gasteiger partial charge in [0.05, 0.1) is 12.6 Å². The molecule has 2 fully saturated rings. The number of guanidine groups is 1. The van der Waals surface area contributed by atoms with Crippen molar-refractivity contribution in [1.82, 2.24) is 25.4 Å². The van der Waals surface area contributed by atoms with Gasteiger partial charge in [-0.15, -0.1) is 13.2 Å². The topological polar surface area (TPSA) is 190 Å². The Morgan fingerprint density at radius 1 is 0.839 bits per heavy atom. The second kappa shape index (κ2) is 21.7. The van der Waals surface area contributed by atoms with Crippen LogP contribution in [0.15, 0.2) is 77.9 Å². The van der Waals surface area contributed by atoms with Crippen molar-refractivity contribution in [3.8, 4) is 11.5 Å². The van der Waals surface area contributed by atoms with E-state index in [-0.39, 0.29) is 37.0 Å². The van der Waals surface area contributed by atoms with Crippen LogP contribution in [0.1, 0.15) is 74.5 Å². The number of nitrogens with zero attached hydrogens (tertiary/aromatic N) is 3. The molecule has 14 nitrogen and oxygen atoms in total. The second-order valence-electron chi connectivity index (χ2n) is 16.2. The third-order valence-electron chi connectivity index (χ3n) is 11.4. The van der Waals surface area contributed by atoms with E-state index in [2.05, 4.69) is 35.9 Å². The molecule has 62 heavy (non-hydrogen) atoms. The van der Waals surface area contributed by atoms with E-state index in [1.165, 1.54) is 18.6 Å². The summed E-state index contributed by atoms with van der Waals surface area (Å²) in [6.07, 6.45) is 5.84. The maximum atomic E-state index is 14.2. The Hall–Kier alpha value is -5.97. The lowest BCUT2D eigenvalue weighted by atomic mass is 9.89. The van der Waals surface area contributed by atoms with Crippen molar-refractivity contribution < 1.29 is 37.0 Å². The highest BCUT2D eigenvalue weighted by Crippen LogP contribution is 2.29. The number of amides is 4. The lowest BCUT2D eigenvalue weighted by molar-refractivity contribution is -0.274. The fourth-order valence-corrected chi connectivity index (χ4v) is 8.21. The van der Waals surface area contributed by atoms with Gasteiger partial charge in [-0.25, -0.2) is 4.79 Å². The maximum absolute atomic E-state index is 14.2. The zero-order valence-corrected chi connectivity index (χ0v) is 35.1. The van der Waals surface area contributed by atoms with E-state index in [9.17, 15) is 27.6 Å². The van der Waals surface area contributed by atoms with Crippen molar-refractivity contribution in [2.45, 2.75) is 95.7 Å². The van der Waals surface area contributed by atoms with Gasteiger partial charge in [0.1, 0.15) is 23.6 Å². The highest BCUT2D eigenvalue weighted by Gasteiger charge is 2.31. The van der Waals surface area contributed by atoms with Crippen molar-refractivity contribution in [2.75, 3.05) is 38.6 Å². The van der Waals surface area contributed by atoms with Crippen molar-refractivity contribution in [3.05, 3.63) is 89.6 Å². The first-order valence-corrected chi connectivity index (χ1v) is 21.3. The van der Waals surface area contributed by atoms with Crippen LogP contribution >= 0.6 is 0 Å². The number of hydrogen-bond acceptors (Lipinski definition) is 7. The number of alkyl halides is 3. The highest BCUT2D eigenvalue weighted by molar-refractivity contribution is 5.97. The molecule has 334 valence electrons. The fraction of sp³-hybridized carbons (Fsp3) is 0.467. The molecule has 2 heterocycles. The minimum atomic E-state index is -4.79. The van der Waals surface area contributed by atoms with Gasteiger partial charge in [0.15, 0.2) is 5.96 Å². The Morgan fingerprint density at radius 3 is 2.21 bits per heavy atom. The molecule has 8 N–H and O–H groups in total. The van der Waals surface area contributed by atoms with E-state index in [1.807, 2.05) is 22.9 Å². The SMILES string of the molecule is COc1ccc(C[C@H](NC(=O)Nc2ccc3c(CN4CCCC4)cn(Cc4ccc(OC(F)(F)F)cc4)c3c2)C(=O)N[C@@H](CCCN=C(N)N)C(=O)NCC2CCCCC2)cc1. The molecule has 1 saturated carbocycles. The number of carbonyl (C=O) groups excluding carboxylic acids is 3. The summed E-state index contributed by atoms with van der Waals surface area (Å²) in [6, 6.07) is 15.8. The monoisotopic (exact) mass is 861 g/mol. The molecule has 0 spiro atoms. The van der Waals surface area contributed by atoms with Crippen LogP contribution in [0.25, 0.3) is 10.9 Å². The van der Waals surface area contributed by atoms with Crippen LogP contribution in [0.5, 0.6) is 11.5 Å². The summed E-state index contributed by atoms with van der Waals surface area (Å²) in [6.45, 7) is 3.85. The van der Waals surface area contributed by atoms with E-state index in [4.69, 9.17) is 16.2 Å². The van der Waals surface area contributed by atoms with Crippen molar-refractivity contribution in [1.29, 1.82) is 0 Å². The lowest BCUT2D eigenvalue weighted by Crippen LogP contribution is -2.55. The number of hydrogen-bond donors (Lipinski definition) is 6. The Bertz CT molecular complexity index is 2130. The Kier molecular flexibility index (Phi) is 15.9. The molecule has 6 rings (SSSR count). The first-order valence-electron chi connectivity index (χ1n) is 21.3. The molecular weight excluding hydrogens is 804 g/mol. The predicted octanol–water partition coefficient (Wildman–Crippen LogP) is 6.16. The number of fused-ring (bicyclic) bond motifs is 1. The number of carbonyl (C=O) groups is 3. The average molecular weight is 862 g/mol. The largest absolute Gasteiger partial charge is 0.573 e. The molecule has 3 aromatic carbocycles. The van der Waals surface area contributed by atoms with Crippen LogP contribution in [0, 0.1) is 5.92 Å². The summed E-state index contributed by atoms with van der Waals surface area (Å²) in [5, 5.41) is 12.7. The number of halogens is 3. The van der Waals surface area contributed by atoms with Crippen LogP contribution in [0.3, 0.4) is 0 Å². The zero-order valence-electron chi connectivity index (χ0n) is 35.1. The summed E-state index contributed by atoms with van der Waals surface area (Å²) in [5.74, 6) is -0.213. The predicted molar refractivity (Wildman–Crippen MR) is 233 cm³/mol. The summed E-state index contributed by atoms with van der Waals surface area (Å²) in [4.78, 5) is 48.0. The van der Waals surface area contributed by atoms with Crippen LogP contribution in [0.4, 0.5) is 23.7 Å². The van der Waals surface area contributed by atoms with Gasteiger partial charge in [-0.05, 0) is 111 Å². The third kappa shape index (κ3) is 13.8. The number of rotatable bonds is 19. The Morgan fingerprint density at radius 2 is 1.53 bits per heavy atom. The first-order chi connectivity index (χ1) is 29.8. The average Bonchev–Trinajstić information content (AvgIpc) is 3.89. The molecule has 0 unspecified atom stereocenters. The van der Waals surface area contributed by atoms with Crippen LogP contribution in [-0.4, -0.2) is 85.0 Å². The molecule has 1 aliphatic carbocycles. The maximum Gasteiger partial charge on any atom is 0.573 e. The number of anilines is 1. The number of likely N-dealkylation sites (tertiary alicyclic amines) is 1. The van der Waals surface area contributed by atoms with Gasteiger partial charge >= 0.3 is 12.4 Å². The molecule has 1 aromatic heterocycles. The van der Waals surface area contributed by atoms with E-state index < -0.39 is 30.4 Å². The standard InChI is InChI=1S/C45H58F3N9O5/c1-61-35-16-11-30(12-17-35)24-39(42(59)54-38(10-7-21-51-43(49)50)41(58)52-26-31-8-3-2-4-9-31)55-44(60)53-34-15-20-37-33(28-56-22-5-6-23-56)29-57(40(37)25-34)27-32-13-18-36(19-14-32)62-45(46,47)48/h11-20,25,29,31,38-39H,2-10,21-24,26-28H2,1H3,(H,52,58)(H,54,59)(H4,49,50,51)(H2,53,55,60)/t38-,39-/m0/s1. The Labute approximate surface area is 360 Å². The zero-order chi connectivity index (χ0) is 44.1. The quantitative estimate of drug-likeness (QED) is 0.0367. The van der Waals surface area contributed by atoms with Crippen molar-refractivity contribution in [2.24, 2.45) is 22.4 Å². The minimum Gasteiger partial charge on any atom is -0.497 e. The van der Waals surface area contributed by atoms with Crippen LogP contribution < -0.4 is 42.2 Å². The number of nitrogens with one attached hydrogen (secondary N) is 4. The number of ether oxygens (including phenoxy) is 2. The molecule has 2 atom stereocenters. The number of nitrogens with two attached hydrogens (primary N) is 2. The second-order valence-corrected chi connectivity index (χ2v) is 16.2. The number of urea groups is 1. The number of benzene rings is 3. The summed E-state index contributed by atoms with van der Waals surface area (Å²) in [5.41, 5.74) is 14.9. The molecule has 4 aromatic rings. The summed E-state index contributed by atoms with van der Waals surface area (Å²) >= 11 is 0. The number of aromatic nitrogens is 1. The molecule has 1 saturated heterocycles. The number of methoxy groups -OCH3 is 1. The van der Waals surface area contributed by atoms with Gasteiger partial charge in [0.2, 0.25) is 11.8 Å². The van der Waals surface area contributed by atoms with E-state index in [0.29, 0.717) is 36.9 Å². The number of aliphatic imine (C=N–C) groups is 1. The third-order valence-corrected chi connectivity index (χ3v) is 11.4. The molecule has 17 heteroatoms. The minimum absolute atomic E-state index is 0.0647. The van der Waals surface area contributed by atoms with Gasteiger partial charge < -0.3 is 46.8 Å². The van der Waals surface area contributed by atoms with Gasteiger partial charge in [-0.1, -0.05) is 49.6 Å². The molecule has 4 amide bonds. The normalized spacial score (nSPS) is 15.7. The van der Waals surface area contributed by atoms with E-state index in [1.54, 1.807) is 49.6 Å². The van der Waals surface area contributed by atoms with E-state index >= 15 is 0 Å². The van der Waals surface area contributed by atoms with Crippen LogP contribution in [0.2, 0.25) is 0 Å². The van der Waals surface area contributed by atoms with Gasteiger partial charge in [0, 0.05) is 49.9 Å². The molecule has 1 aliphatic heterocycles. The lowest BCUT2D eigenvalue weighted by Gasteiger charge is -2.25. The molecule has 2 aliphatic rings. The summed E-state index contributed by atoms with van der Waals surface area (Å²) in [7, 11) is 1.56. The molecule has 0 bridgehead atoms. The van der Waals surface area contributed by atoms with E-state index in [0.717, 1.165) is 85.8 Å². The Balaban J connectivity index is 1.20. The first kappa shape index (κ1) is 45.6.